The van der Waals surface area contributed by atoms with E-state index in [9.17, 15) is 29.4 Å². The van der Waals surface area contributed by atoms with Crippen molar-refractivity contribution >= 4 is 34.3 Å². The van der Waals surface area contributed by atoms with E-state index in [1.54, 1.807) is 39.0 Å². The number of rotatable bonds is 3. The normalized spacial score (nSPS) is 28.3. The second kappa shape index (κ2) is 7.32. The predicted molar refractivity (Wildman–Crippen MR) is 125 cm³/mol. The molecule has 0 saturated heterocycles. The first-order valence-electron chi connectivity index (χ1n) is 11.2. The van der Waals surface area contributed by atoms with Crippen LogP contribution in [0.1, 0.15) is 29.3 Å². The summed E-state index contributed by atoms with van der Waals surface area (Å²) in [5, 5.41) is 25.5. The fraction of sp³-hybridized carbons (Fsp3) is 0.417. The van der Waals surface area contributed by atoms with Gasteiger partial charge in [-0.25, -0.2) is 4.79 Å². The van der Waals surface area contributed by atoms with Crippen molar-refractivity contribution in [1.29, 1.82) is 0 Å². The number of hydrogen-bond acceptors (Lipinski definition) is 9. The topological polar surface area (TPSA) is 179 Å². The molecule has 184 valence electrons. The zero-order valence-electron chi connectivity index (χ0n) is 19.7. The van der Waals surface area contributed by atoms with Crippen molar-refractivity contribution in [3.63, 3.8) is 0 Å². The zero-order valence-corrected chi connectivity index (χ0v) is 19.7. The Hall–Kier alpha value is -3.86. The number of fused-ring (bicyclic) bond motifs is 5. The molecule has 1 amide bonds. The molecule has 1 aromatic heterocycles. The van der Waals surface area contributed by atoms with Crippen molar-refractivity contribution in [3.05, 3.63) is 50.4 Å². The van der Waals surface area contributed by atoms with E-state index >= 15 is 0 Å². The number of amides is 1. The van der Waals surface area contributed by atoms with Crippen molar-refractivity contribution in [2.75, 3.05) is 26.5 Å². The summed E-state index contributed by atoms with van der Waals surface area (Å²) in [6.45, 7) is 1.68. The van der Waals surface area contributed by atoms with Gasteiger partial charge in [0.15, 0.2) is 17.1 Å². The van der Waals surface area contributed by atoms with Gasteiger partial charge in [-0.3, -0.25) is 24.3 Å². The number of aromatic nitrogens is 1. The van der Waals surface area contributed by atoms with Crippen LogP contribution in [0.5, 0.6) is 0 Å². The molecule has 3 aliphatic carbocycles. The van der Waals surface area contributed by atoms with Crippen molar-refractivity contribution < 1.29 is 29.0 Å². The number of aliphatic hydroxyl groups is 2. The lowest BCUT2D eigenvalue weighted by Gasteiger charge is -2.52. The minimum Gasteiger partial charge on any atom is -0.511 e. The van der Waals surface area contributed by atoms with Gasteiger partial charge in [0.2, 0.25) is 0 Å². The summed E-state index contributed by atoms with van der Waals surface area (Å²) in [5.41, 5.74) is 5.55. The Kier molecular flexibility index (Phi) is 4.79. The van der Waals surface area contributed by atoms with Gasteiger partial charge in [0.25, 0.3) is 5.91 Å². The number of nitrogens with zero attached hydrogens (tertiary/aromatic N) is 1. The van der Waals surface area contributed by atoms with E-state index in [0.29, 0.717) is 23.2 Å². The number of aromatic amines is 1. The number of primary amides is 1. The monoisotopic (exact) mass is 482 g/mol. The first-order valence-corrected chi connectivity index (χ1v) is 11.2. The maximum Gasteiger partial charge on any atom is 0.417 e. The highest BCUT2D eigenvalue weighted by atomic mass is 16.4. The summed E-state index contributed by atoms with van der Waals surface area (Å²) >= 11 is 0. The Morgan fingerprint density at radius 1 is 1.29 bits per heavy atom. The van der Waals surface area contributed by atoms with Crippen LogP contribution in [-0.4, -0.2) is 64.3 Å². The van der Waals surface area contributed by atoms with Gasteiger partial charge >= 0.3 is 5.76 Å². The van der Waals surface area contributed by atoms with Gasteiger partial charge in [-0.05, 0) is 51.4 Å². The summed E-state index contributed by atoms with van der Waals surface area (Å²) in [4.78, 5) is 55.4. The van der Waals surface area contributed by atoms with Gasteiger partial charge in [-0.2, -0.15) is 0 Å². The van der Waals surface area contributed by atoms with E-state index in [0.717, 1.165) is 0 Å². The van der Waals surface area contributed by atoms with Gasteiger partial charge in [0.1, 0.15) is 17.1 Å². The standard InChI is InChI=1S/C24H26N4O7/c1-24(28(3)4)10-6-8-5-9-11(26-2)7-12-20(35-23(34)27-12)14(9)17(29)13(8)18(30)15(10)19(31)16(21(24)32)22(25)33/h7-8,10,15,26,30,32H,5-6H2,1-4H3,(H2,25,33)(H,27,34). The van der Waals surface area contributed by atoms with Crippen LogP contribution >= 0.6 is 0 Å². The molecule has 0 radical (unpaired) electrons. The van der Waals surface area contributed by atoms with Crippen LogP contribution in [0.4, 0.5) is 5.69 Å². The number of allylic oxidation sites excluding steroid dienone is 2. The number of benzene rings is 1. The Morgan fingerprint density at radius 2 is 1.97 bits per heavy atom. The number of carbonyl (C=O) groups is 3. The molecule has 0 aliphatic heterocycles. The predicted octanol–water partition coefficient (Wildman–Crippen LogP) is 1.17. The molecule has 0 bridgehead atoms. The molecule has 11 nitrogen and oxygen atoms in total. The number of nitrogens with two attached hydrogens (primary N) is 1. The number of oxazole rings is 1. The van der Waals surface area contributed by atoms with Gasteiger partial charge in [-0.1, -0.05) is 0 Å². The minimum atomic E-state index is -1.24. The zero-order chi connectivity index (χ0) is 25.6. The first kappa shape index (κ1) is 22.9. The molecule has 3 aliphatic rings. The molecule has 4 unspecified atom stereocenters. The van der Waals surface area contributed by atoms with Crippen LogP contribution in [0.3, 0.4) is 0 Å². The highest BCUT2D eigenvalue weighted by molar-refractivity contribution is 6.23. The Labute approximate surface area is 199 Å². The lowest BCUT2D eigenvalue weighted by atomic mass is 9.57. The van der Waals surface area contributed by atoms with E-state index in [2.05, 4.69) is 10.3 Å². The van der Waals surface area contributed by atoms with Crippen LogP contribution in [0, 0.1) is 17.8 Å². The number of carbonyl (C=O) groups excluding carboxylic acids is 3. The third-order valence-electron chi connectivity index (χ3n) is 8.07. The molecule has 11 heteroatoms. The minimum absolute atomic E-state index is 0.0526. The lowest BCUT2D eigenvalue weighted by Crippen LogP contribution is -2.60. The van der Waals surface area contributed by atoms with Crippen molar-refractivity contribution in [2.24, 2.45) is 23.5 Å². The molecule has 6 N–H and O–H groups in total. The summed E-state index contributed by atoms with van der Waals surface area (Å²) in [6, 6.07) is 1.69. The van der Waals surface area contributed by atoms with E-state index in [4.69, 9.17) is 10.2 Å². The molecule has 1 heterocycles. The second-order valence-corrected chi connectivity index (χ2v) is 9.76. The van der Waals surface area contributed by atoms with Crippen LogP contribution in [0.25, 0.3) is 11.1 Å². The second-order valence-electron chi connectivity index (χ2n) is 9.76. The molecule has 1 aromatic carbocycles. The summed E-state index contributed by atoms with van der Waals surface area (Å²) in [5.74, 6) is -6.40. The summed E-state index contributed by atoms with van der Waals surface area (Å²) < 4.78 is 5.27. The SMILES string of the molecule is CNc1cc2[nH]c(=O)oc2c2c1CC1CC3C(C(=O)C(C(N)=O)=C(O)C3(C)N(C)C)C(O)=C1C2=O. The van der Waals surface area contributed by atoms with Gasteiger partial charge < -0.3 is 25.7 Å². The molecular weight excluding hydrogens is 456 g/mol. The highest BCUT2D eigenvalue weighted by Gasteiger charge is 2.59. The molecule has 35 heavy (non-hydrogen) atoms. The quantitative estimate of drug-likeness (QED) is 0.401. The number of H-pyrrole nitrogens is 1. The highest BCUT2D eigenvalue weighted by Crippen LogP contribution is 2.54. The Morgan fingerprint density at radius 3 is 2.57 bits per heavy atom. The first-order chi connectivity index (χ1) is 16.4. The van der Waals surface area contributed by atoms with Gasteiger partial charge in [0, 0.05) is 24.2 Å². The van der Waals surface area contributed by atoms with Crippen molar-refractivity contribution in [1.82, 2.24) is 9.88 Å². The fourth-order valence-corrected chi connectivity index (χ4v) is 6.14. The average molecular weight is 482 g/mol. The maximum absolute atomic E-state index is 13.8. The Bertz CT molecular complexity index is 1460. The van der Waals surface area contributed by atoms with Gasteiger partial charge in [0.05, 0.1) is 22.5 Å². The van der Waals surface area contributed by atoms with Crippen LogP contribution in [-0.2, 0) is 16.0 Å². The van der Waals surface area contributed by atoms with E-state index in [1.807, 2.05) is 0 Å². The number of likely N-dealkylation sites (N-methyl/N-ethyl adjacent to an activating group) is 1. The van der Waals surface area contributed by atoms with Crippen LogP contribution < -0.4 is 16.8 Å². The third kappa shape index (κ3) is 2.81. The Balaban J connectivity index is 1.77. The molecule has 5 rings (SSSR count). The summed E-state index contributed by atoms with van der Waals surface area (Å²) in [6.07, 6.45) is 0.611. The molecule has 0 spiro atoms. The van der Waals surface area contributed by atoms with Gasteiger partial charge in [-0.15, -0.1) is 0 Å². The van der Waals surface area contributed by atoms with Crippen LogP contribution in [0.15, 0.2) is 37.9 Å². The maximum atomic E-state index is 13.8. The fourth-order valence-electron chi connectivity index (χ4n) is 6.14. The number of anilines is 1. The molecule has 0 fully saturated rings. The van der Waals surface area contributed by atoms with Crippen molar-refractivity contribution in [2.45, 2.75) is 25.3 Å². The molecule has 4 atom stereocenters. The number of nitrogens with one attached hydrogen (secondary N) is 2. The third-order valence-corrected chi connectivity index (χ3v) is 8.07. The summed E-state index contributed by atoms with van der Waals surface area (Å²) in [7, 11) is 5.09. The van der Waals surface area contributed by atoms with E-state index < -0.39 is 63.6 Å². The van der Waals surface area contributed by atoms with E-state index in [1.165, 1.54) is 0 Å². The largest absolute Gasteiger partial charge is 0.511 e. The van der Waals surface area contributed by atoms with Crippen molar-refractivity contribution in [3.8, 4) is 0 Å². The van der Waals surface area contributed by atoms with E-state index in [-0.39, 0.29) is 23.1 Å². The van der Waals surface area contributed by atoms with Crippen LogP contribution in [0.2, 0.25) is 0 Å². The molecule has 0 saturated carbocycles. The smallest absolute Gasteiger partial charge is 0.417 e. The lowest BCUT2D eigenvalue weighted by molar-refractivity contribution is -0.129. The number of hydrogen-bond donors (Lipinski definition) is 5. The molecular formula is C24H26N4O7. The average Bonchev–Trinajstić information content (AvgIpc) is 3.15. The molecule has 2 aromatic rings. The number of aliphatic hydroxyl groups excluding tert-OH is 2. The number of ketones is 2. The number of Topliss-reactive ketones (excluding diaryl/α,β-unsaturated/α-hetero) is 2.